The molecular weight excluding hydrogens is 272 g/mol. The predicted molar refractivity (Wildman–Crippen MR) is 64.6 cm³/mol. The summed E-state index contributed by atoms with van der Waals surface area (Å²) in [5.74, 6) is 0. The smallest absolute Gasteiger partial charge is 0.123 e. The lowest BCUT2D eigenvalue weighted by molar-refractivity contribution is 1.16. The van der Waals surface area contributed by atoms with E-state index < -0.39 is 0 Å². The summed E-state index contributed by atoms with van der Waals surface area (Å²) in [5, 5.41) is 11.4. The van der Waals surface area contributed by atoms with Crippen molar-refractivity contribution in [2.75, 3.05) is 0 Å². The van der Waals surface area contributed by atoms with Crippen molar-refractivity contribution in [2.45, 2.75) is 6.42 Å². The Hall–Kier alpha value is -1.18. The second-order valence-electron chi connectivity index (χ2n) is 2.99. The van der Waals surface area contributed by atoms with Crippen molar-refractivity contribution < 1.29 is 0 Å². The molecule has 74 valence electrons. The van der Waals surface area contributed by atoms with Crippen molar-refractivity contribution in [3.63, 3.8) is 0 Å². The Labute approximate surface area is 100 Å². The maximum Gasteiger partial charge on any atom is 0.123 e. The van der Waals surface area contributed by atoms with Crippen LogP contribution in [-0.4, -0.2) is 4.98 Å². The lowest BCUT2D eigenvalue weighted by Crippen LogP contribution is -1.81. The Kier molecular flexibility index (Phi) is 3.14. The van der Waals surface area contributed by atoms with Crippen LogP contribution < -0.4 is 0 Å². The van der Waals surface area contributed by atoms with E-state index in [4.69, 9.17) is 5.26 Å². The number of nitriles is 1. The molecule has 15 heavy (non-hydrogen) atoms. The molecule has 0 amide bonds. The van der Waals surface area contributed by atoms with E-state index >= 15 is 0 Å². The minimum atomic E-state index is 0.382. The number of halogens is 1. The molecule has 1 heterocycles. The van der Waals surface area contributed by atoms with Gasteiger partial charge in [-0.25, -0.2) is 4.98 Å². The first-order valence-corrected chi connectivity index (χ1v) is 6.04. The molecule has 0 atom stereocenters. The average molecular weight is 279 g/mol. The first-order chi connectivity index (χ1) is 7.29. The molecule has 0 aliphatic carbocycles. The fraction of sp³-hybridized carbons (Fsp3) is 0.0909. The van der Waals surface area contributed by atoms with Gasteiger partial charge in [0, 0.05) is 15.4 Å². The fourth-order valence-corrected chi connectivity index (χ4v) is 2.28. The Balaban J connectivity index is 2.30. The van der Waals surface area contributed by atoms with Gasteiger partial charge in [-0.1, -0.05) is 28.1 Å². The molecule has 0 radical (unpaired) electrons. The monoisotopic (exact) mass is 278 g/mol. The normalized spacial score (nSPS) is 9.87. The van der Waals surface area contributed by atoms with Crippen LogP contribution in [0.3, 0.4) is 0 Å². The van der Waals surface area contributed by atoms with Crippen LogP contribution in [0, 0.1) is 11.3 Å². The van der Waals surface area contributed by atoms with Crippen molar-refractivity contribution in [1.82, 2.24) is 4.98 Å². The number of thiazole rings is 1. The van der Waals surface area contributed by atoms with Crippen LogP contribution in [0.1, 0.15) is 5.69 Å². The van der Waals surface area contributed by atoms with E-state index in [0.717, 1.165) is 20.7 Å². The van der Waals surface area contributed by atoms with E-state index in [1.54, 1.807) is 11.3 Å². The Morgan fingerprint density at radius 1 is 1.33 bits per heavy atom. The zero-order valence-corrected chi connectivity index (χ0v) is 10.2. The Morgan fingerprint density at radius 2 is 2.07 bits per heavy atom. The molecule has 0 bridgehead atoms. The van der Waals surface area contributed by atoms with E-state index in [9.17, 15) is 0 Å². The van der Waals surface area contributed by atoms with Crippen LogP contribution in [0.15, 0.2) is 34.1 Å². The lowest BCUT2D eigenvalue weighted by atomic mass is 10.2. The molecule has 0 unspecified atom stereocenters. The van der Waals surface area contributed by atoms with Crippen LogP contribution in [0.5, 0.6) is 0 Å². The summed E-state index contributed by atoms with van der Waals surface area (Å²) >= 11 is 4.96. The van der Waals surface area contributed by atoms with Gasteiger partial charge in [-0.3, -0.25) is 0 Å². The predicted octanol–water partition coefficient (Wildman–Crippen LogP) is 3.64. The Morgan fingerprint density at radius 3 is 2.73 bits per heavy atom. The maximum atomic E-state index is 8.54. The molecule has 1 aromatic heterocycles. The third kappa shape index (κ3) is 2.44. The summed E-state index contributed by atoms with van der Waals surface area (Å²) in [6, 6.07) is 10.1. The van der Waals surface area contributed by atoms with Gasteiger partial charge in [0.25, 0.3) is 0 Å². The second kappa shape index (κ2) is 4.56. The van der Waals surface area contributed by atoms with E-state index in [0.29, 0.717) is 6.42 Å². The standard InChI is InChI=1S/C11H7BrN2S/c12-9-3-1-8(2-4-9)11-14-10(5-6-13)7-15-11/h1-4,7H,5H2. The summed E-state index contributed by atoms with van der Waals surface area (Å²) < 4.78 is 1.06. The highest BCUT2D eigenvalue weighted by Gasteiger charge is 2.03. The number of benzene rings is 1. The third-order valence-corrected chi connectivity index (χ3v) is 3.37. The summed E-state index contributed by atoms with van der Waals surface area (Å²) in [4.78, 5) is 4.38. The molecule has 2 nitrogen and oxygen atoms in total. The van der Waals surface area contributed by atoms with Gasteiger partial charge in [0.2, 0.25) is 0 Å². The van der Waals surface area contributed by atoms with Gasteiger partial charge >= 0.3 is 0 Å². The van der Waals surface area contributed by atoms with E-state index in [2.05, 4.69) is 27.0 Å². The molecular formula is C11H7BrN2S. The van der Waals surface area contributed by atoms with Crippen LogP contribution in [0.4, 0.5) is 0 Å². The molecule has 0 saturated carbocycles. The highest BCUT2D eigenvalue weighted by molar-refractivity contribution is 9.10. The molecule has 0 fully saturated rings. The highest BCUT2D eigenvalue weighted by atomic mass is 79.9. The second-order valence-corrected chi connectivity index (χ2v) is 4.76. The first kappa shape index (κ1) is 10.3. The van der Waals surface area contributed by atoms with Gasteiger partial charge < -0.3 is 0 Å². The molecule has 0 saturated heterocycles. The van der Waals surface area contributed by atoms with E-state index in [1.165, 1.54) is 0 Å². The fourth-order valence-electron chi connectivity index (χ4n) is 1.19. The molecule has 0 N–H and O–H groups in total. The molecule has 0 aliphatic rings. The number of hydrogen-bond acceptors (Lipinski definition) is 3. The van der Waals surface area contributed by atoms with E-state index in [-0.39, 0.29) is 0 Å². The van der Waals surface area contributed by atoms with Crippen molar-refractivity contribution in [3.05, 3.63) is 39.8 Å². The number of rotatable bonds is 2. The maximum absolute atomic E-state index is 8.54. The average Bonchev–Trinajstić information content (AvgIpc) is 2.68. The summed E-state index contributed by atoms with van der Waals surface area (Å²) in [5.41, 5.74) is 1.94. The largest absolute Gasteiger partial charge is 0.240 e. The summed E-state index contributed by atoms with van der Waals surface area (Å²) in [6.07, 6.45) is 0.382. The van der Waals surface area contributed by atoms with Crippen LogP contribution >= 0.6 is 27.3 Å². The van der Waals surface area contributed by atoms with Crippen molar-refractivity contribution >= 4 is 27.3 Å². The molecule has 1 aromatic carbocycles. The number of hydrogen-bond donors (Lipinski definition) is 0. The van der Waals surface area contributed by atoms with Gasteiger partial charge in [0.15, 0.2) is 0 Å². The molecule has 0 spiro atoms. The molecule has 2 aromatic rings. The van der Waals surface area contributed by atoms with Gasteiger partial charge in [0.1, 0.15) is 5.01 Å². The van der Waals surface area contributed by atoms with Gasteiger partial charge in [-0.2, -0.15) is 5.26 Å². The minimum absolute atomic E-state index is 0.382. The van der Waals surface area contributed by atoms with Gasteiger partial charge in [-0.05, 0) is 12.1 Å². The summed E-state index contributed by atoms with van der Waals surface area (Å²) in [6.45, 7) is 0. The highest BCUT2D eigenvalue weighted by Crippen LogP contribution is 2.25. The van der Waals surface area contributed by atoms with Crippen molar-refractivity contribution in [1.29, 1.82) is 5.26 Å². The van der Waals surface area contributed by atoms with Gasteiger partial charge in [0.05, 0.1) is 18.2 Å². The number of nitrogens with zero attached hydrogens (tertiary/aromatic N) is 2. The van der Waals surface area contributed by atoms with Crippen molar-refractivity contribution in [2.24, 2.45) is 0 Å². The first-order valence-electron chi connectivity index (χ1n) is 4.37. The zero-order valence-electron chi connectivity index (χ0n) is 7.77. The van der Waals surface area contributed by atoms with Crippen LogP contribution in [-0.2, 0) is 6.42 Å². The van der Waals surface area contributed by atoms with Gasteiger partial charge in [-0.15, -0.1) is 11.3 Å². The Bertz CT molecular complexity index is 496. The lowest BCUT2D eigenvalue weighted by Gasteiger charge is -1.95. The zero-order chi connectivity index (χ0) is 10.7. The topological polar surface area (TPSA) is 36.7 Å². The van der Waals surface area contributed by atoms with Crippen LogP contribution in [0.25, 0.3) is 10.6 Å². The SMILES string of the molecule is N#CCc1csc(-c2ccc(Br)cc2)n1. The van der Waals surface area contributed by atoms with Crippen molar-refractivity contribution in [3.8, 4) is 16.6 Å². The molecule has 2 rings (SSSR count). The molecule has 4 heteroatoms. The van der Waals surface area contributed by atoms with Crippen LogP contribution in [0.2, 0.25) is 0 Å². The molecule has 0 aliphatic heterocycles. The summed E-state index contributed by atoms with van der Waals surface area (Å²) in [7, 11) is 0. The van der Waals surface area contributed by atoms with E-state index in [1.807, 2.05) is 29.6 Å². The third-order valence-electron chi connectivity index (χ3n) is 1.90. The quantitative estimate of drug-likeness (QED) is 0.841. The minimum Gasteiger partial charge on any atom is -0.240 e. The number of aromatic nitrogens is 1.